The second kappa shape index (κ2) is 10.9. The van der Waals surface area contributed by atoms with Crippen molar-refractivity contribution >= 4 is 11.7 Å². The molecule has 0 aliphatic carbocycles. The second-order valence-corrected chi connectivity index (χ2v) is 10.7. The molecule has 0 saturated carbocycles. The van der Waals surface area contributed by atoms with Crippen molar-refractivity contribution in [1.82, 2.24) is 19.6 Å². The normalized spacial score (nSPS) is 19.7. The summed E-state index contributed by atoms with van der Waals surface area (Å²) in [6.07, 6.45) is 4.11. The monoisotopic (exact) mass is 525 g/mol. The Hall–Kier alpha value is -3.11. The van der Waals surface area contributed by atoms with Gasteiger partial charge in [-0.1, -0.05) is 5.16 Å². The van der Waals surface area contributed by atoms with Gasteiger partial charge in [0.25, 0.3) is 0 Å². The molecule has 2 fully saturated rings. The van der Waals surface area contributed by atoms with Gasteiger partial charge >= 0.3 is 5.97 Å². The number of likely N-dealkylation sites (tertiary alicyclic amines) is 2. The molecule has 0 radical (unpaired) electrons. The predicted octanol–water partition coefficient (Wildman–Crippen LogP) is 3.32. The number of aryl methyl sites for hydroxylation is 1. The topological polar surface area (TPSA) is 102 Å². The Balaban J connectivity index is 1.21. The van der Waals surface area contributed by atoms with Crippen LogP contribution in [0.5, 0.6) is 11.5 Å². The summed E-state index contributed by atoms with van der Waals surface area (Å²) < 4.78 is 14.1. The third-order valence-electron chi connectivity index (χ3n) is 7.90. The first-order chi connectivity index (χ1) is 18.3. The van der Waals surface area contributed by atoms with Gasteiger partial charge in [0.15, 0.2) is 5.60 Å². The number of aromatic nitrogens is 2. The zero-order chi connectivity index (χ0) is 26.9. The minimum atomic E-state index is -0.678. The maximum absolute atomic E-state index is 11.2. The third-order valence-corrected chi connectivity index (χ3v) is 7.90. The number of nitrogens with zero attached hydrogens (tertiary/aromatic N) is 5. The first-order valence-corrected chi connectivity index (χ1v) is 13.6. The van der Waals surface area contributed by atoms with Crippen molar-refractivity contribution in [3.8, 4) is 22.6 Å². The third kappa shape index (κ3) is 5.37. The molecule has 0 unspecified atom stereocenters. The van der Waals surface area contributed by atoms with Crippen molar-refractivity contribution < 1.29 is 24.2 Å². The number of hydrogen-bond donors (Lipinski definition) is 1. The number of piperidine rings is 1. The zero-order valence-electron chi connectivity index (χ0n) is 22.9. The Labute approximate surface area is 224 Å². The number of benzene rings is 1. The molecule has 2 aromatic rings. The average molecular weight is 526 g/mol. The van der Waals surface area contributed by atoms with Gasteiger partial charge in [-0.25, -0.2) is 0 Å². The van der Waals surface area contributed by atoms with Crippen LogP contribution in [0.15, 0.2) is 23.5 Å². The van der Waals surface area contributed by atoms with Gasteiger partial charge in [0, 0.05) is 50.9 Å². The minimum Gasteiger partial charge on any atom is -0.493 e. The molecule has 4 heterocycles. The Morgan fingerprint density at radius 3 is 2.32 bits per heavy atom. The molecule has 0 bridgehead atoms. The number of aliphatic carboxylic acids is 1. The average Bonchev–Trinajstić information content (AvgIpc) is 3.43. The van der Waals surface area contributed by atoms with Crippen LogP contribution in [0.4, 0.5) is 0 Å². The summed E-state index contributed by atoms with van der Waals surface area (Å²) in [5.74, 6) is 0.736. The molecule has 2 saturated heterocycles. The Morgan fingerprint density at radius 1 is 1.11 bits per heavy atom. The van der Waals surface area contributed by atoms with Crippen LogP contribution in [-0.4, -0.2) is 87.9 Å². The van der Waals surface area contributed by atoms with Crippen molar-refractivity contribution in [2.45, 2.75) is 52.2 Å². The van der Waals surface area contributed by atoms with E-state index in [0.717, 1.165) is 85.3 Å². The molecule has 3 aliphatic heterocycles. The fraction of sp³-hybridized carbons (Fsp3) is 0.607. The van der Waals surface area contributed by atoms with E-state index in [1.54, 1.807) is 0 Å². The molecule has 10 heteroatoms. The lowest BCUT2D eigenvalue weighted by Gasteiger charge is -2.45. The summed E-state index contributed by atoms with van der Waals surface area (Å²) in [6, 6.07) is 4.24. The molecular formula is C28H39N5O5. The van der Waals surface area contributed by atoms with Crippen LogP contribution in [0.1, 0.15) is 44.4 Å². The predicted molar refractivity (Wildman–Crippen MR) is 144 cm³/mol. The molecule has 1 aromatic heterocycles. The highest BCUT2D eigenvalue weighted by Crippen LogP contribution is 2.42. The lowest BCUT2D eigenvalue weighted by atomic mass is 9.88. The van der Waals surface area contributed by atoms with E-state index in [2.05, 4.69) is 39.1 Å². The van der Waals surface area contributed by atoms with Crippen LogP contribution in [0.3, 0.4) is 0 Å². The van der Waals surface area contributed by atoms with Crippen LogP contribution in [-0.2, 0) is 23.2 Å². The molecule has 0 amide bonds. The summed E-state index contributed by atoms with van der Waals surface area (Å²) in [5, 5.41) is 18.1. The lowest BCUT2D eigenvalue weighted by Crippen LogP contribution is -2.61. The van der Waals surface area contributed by atoms with E-state index < -0.39 is 5.97 Å². The summed E-state index contributed by atoms with van der Waals surface area (Å²) in [4.78, 5) is 21.8. The Kier molecular flexibility index (Phi) is 7.63. The highest BCUT2D eigenvalue weighted by atomic mass is 16.7. The quantitative estimate of drug-likeness (QED) is 0.504. The van der Waals surface area contributed by atoms with Crippen molar-refractivity contribution in [3.63, 3.8) is 0 Å². The van der Waals surface area contributed by atoms with Crippen LogP contribution in [0.25, 0.3) is 11.1 Å². The Bertz CT molecular complexity index is 1170. The largest absolute Gasteiger partial charge is 0.493 e. The van der Waals surface area contributed by atoms with Crippen LogP contribution in [0, 0.1) is 12.8 Å². The summed E-state index contributed by atoms with van der Waals surface area (Å²) in [5.41, 5.74) is 4.99. The van der Waals surface area contributed by atoms with Crippen LogP contribution in [0.2, 0.25) is 0 Å². The smallest absolute Gasteiger partial charge is 0.306 e. The standard InChI is InChI=1S/C28H39N5O5/c1-5-36-24-11-20(12-25(37-6-2)26(24)23-14-29-31(4)19(23)3)15-33-17-28(18-33)13-22(30-38-28)16-32-9-7-21(8-10-32)27(34)35/h11-12,14,21H,5-10,13,15-18H2,1-4H3,(H,34,35). The molecule has 1 aromatic carbocycles. The molecule has 5 rings (SSSR count). The molecule has 0 atom stereocenters. The van der Waals surface area contributed by atoms with E-state index in [-0.39, 0.29) is 11.5 Å². The molecule has 206 valence electrons. The van der Waals surface area contributed by atoms with Crippen molar-refractivity contribution in [3.05, 3.63) is 29.6 Å². The lowest BCUT2D eigenvalue weighted by molar-refractivity contribution is -0.143. The maximum atomic E-state index is 11.2. The SMILES string of the molecule is CCOc1cc(CN2CC3(CC(CN4CCC(C(=O)O)CC4)=NO3)C2)cc(OCC)c1-c1cnn(C)c1C. The molecule has 1 spiro atoms. The van der Waals surface area contributed by atoms with Crippen LogP contribution < -0.4 is 9.47 Å². The van der Waals surface area contributed by atoms with Crippen LogP contribution >= 0.6 is 0 Å². The molecule has 1 N–H and O–H groups in total. The number of carboxylic acid groups (broad SMARTS) is 1. The summed E-state index contributed by atoms with van der Waals surface area (Å²) in [6.45, 7) is 11.9. The first-order valence-electron chi connectivity index (χ1n) is 13.6. The number of rotatable bonds is 10. The van der Waals surface area contributed by atoms with E-state index >= 15 is 0 Å². The number of carbonyl (C=O) groups is 1. The van der Waals surface area contributed by atoms with Gasteiger partial charge in [-0.3, -0.25) is 19.3 Å². The van der Waals surface area contributed by atoms with E-state index in [9.17, 15) is 9.90 Å². The molecule has 3 aliphatic rings. The highest BCUT2D eigenvalue weighted by molar-refractivity contribution is 5.88. The van der Waals surface area contributed by atoms with Gasteiger partial charge in [0.05, 0.1) is 36.6 Å². The first kappa shape index (κ1) is 26.5. The zero-order valence-corrected chi connectivity index (χ0v) is 22.9. The van der Waals surface area contributed by atoms with Crippen molar-refractivity contribution in [2.24, 2.45) is 18.1 Å². The van der Waals surface area contributed by atoms with Gasteiger partial charge in [0.2, 0.25) is 0 Å². The second-order valence-electron chi connectivity index (χ2n) is 10.7. The highest BCUT2D eigenvalue weighted by Gasteiger charge is 2.49. The molecule has 10 nitrogen and oxygen atoms in total. The van der Waals surface area contributed by atoms with Crippen molar-refractivity contribution in [2.75, 3.05) is 45.9 Å². The van der Waals surface area contributed by atoms with Gasteiger partial charge in [0.1, 0.15) is 11.5 Å². The molecule has 38 heavy (non-hydrogen) atoms. The van der Waals surface area contributed by atoms with Crippen molar-refractivity contribution in [1.29, 1.82) is 0 Å². The Morgan fingerprint density at radius 2 is 1.76 bits per heavy atom. The number of oxime groups is 1. The number of hydrogen-bond acceptors (Lipinski definition) is 8. The van der Waals surface area contributed by atoms with E-state index in [1.165, 1.54) is 0 Å². The molecular weight excluding hydrogens is 486 g/mol. The van der Waals surface area contributed by atoms with E-state index in [1.807, 2.05) is 31.8 Å². The summed E-state index contributed by atoms with van der Waals surface area (Å²) >= 11 is 0. The number of carboxylic acids is 1. The summed E-state index contributed by atoms with van der Waals surface area (Å²) in [7, 11) is 1.94. The van der Waals surface area contributed by atoms with Gasteiger partial charge in [-0.05, 0) is 64.4 Å². The van der Waals surface area contributed by atoms with E-state index in [4.69, 9.17) is 14.3 Å². The number of ether oxygens (including phenoxy) is 2. The van der Waals surface area contributed by atoms with E-state index in [0.29, 0.717) is 26.1 Å². The minimum absolute atomic E-state index is 0.214. The maximum Gasteiger partial charge on any atom is 0.306 e. The van der Waals surface area contributed by atoms with Gasteiger partial charge in [-0.2, -0.15) is 5.10 Å². The fourth-order valence-electron chi connectivity index (χ4n) is 5.87. The van der Waals surface area contributed by atoms with Gasteiger partial charge < -0.3 is 19.4 Å². The fourth-order valence-corrected chi connectivity index (χ4v) is 5.87. The van der Waals surface area contributed by atoms with Gasteiger partial charge in [-0.15, -0.1) is 0 Å².